The molecule has 8 heteroatoms. The quantitative estimate of drug-likeness (QED) is 0.412. The maximum atomic E-state index is 12.8. The van der Waals surface area contributed by atoms with Gasteiger partial charge in [-0.15, -0.1) is 0 Å². The Hall–Kier alpha value is -3.49. The van der Waals surface area contributed by atoms with E-state index in [1.807, 2.05) is 42.5 Å². The summed E-state index contributed by atoms with van der Waals surface area (Å²) < 4.78 is 13.3. The Morgan fingerprint density at radius 3 is 2.08 bits per heavy atom. The summed E-state index contributed by atoms with van der Waals surface area (Å²) >= 11 is 0. The molecule has 0 saturated heterocycles. The number of benzene rings is 2. The fourth-order valence-corrected chi connectivity index (χ4v) is 11.3. The zero-order chi connectivity index (χ0) is 26.1. The Bertz CT molecular complexity index is 1350. The SMILES string of the molecule is CC(=O)OC[C@H]1O[C@@H](n2cc(C)c(=O)[nH]c2=O)C=C1[Si](c1ccccc1)(c1ccccc1)C(C)(C)C. The standard InChI is InChI=1S/C28H32N2O5Si/c1-19-17-30(27(33)29-26(19)32)25-16-24(23(35-25)18-34-20(2)31)36(28(3,4)5,21-12-8-6-9-13-21)22-14-10-7-11-15-22/h6-17,23,25H,18H2,1-5H3,(H,29,32,33)/t23-,25-/m1/s1. The van der Waals surface area contributed by atoms with Crippen LogP contribution in [0.1, 0.15) is 39.5 Å². The molecule has 3 aromatic rings. The topological polar surface area (TPSA) is 90.4 Å². The van der Waals surface area contributed by atoms with Crippen LogP contribution in [0, 0.1) is 6.92 Å². The molecule has 1 N–H and O–H groups in total. The summed E-state index contributed by atoms with van der Waals surface area (Å²) in [5.74, 6) is -0.402. The Balaban J connectivity index is 2.02. The normalized spacial score (nSPS) is 18.1. The fourth-order valence-electron chi connectivity index (χ4n) is 5.33. The highest BCUT2D eigenvalue weighted by molar-refractivity contribution is 7.09. The summed E-state index contributed by atoms with van der Waals surface area (Å²) in [6.07, 6.45) is 2.18. The monoisotopic (exact) mass is 504 g/mol. The van der Waals surface area contributed by atoms with Crippen LogP contribution < -0.4 is 21.6 Å². The highest BCUT2D eigenvalue weighted by Gasteiger charge is 2.54. The summed E-state index contributed by atoms with van der Waals surface area (Å²) in [7, 11) is -2.81. The number of carbonyl (C=O) groups excluding carboxylic acids is 1. The lowest BCUT2D eigenvalue weighted by molar-refractivity contribution is -0.145. The van der Waals surface area contributed by atoms with Gasteiger partial charge in [0.25, 0.3) is 5.56 Å². The number of H-pyrrole nitrogens is 1. The van der Waals surface area contributed by atoms with Crippen LogP contribution in [-0.4, -0.2) is 36.3 Å². The number of hydrogen-bond donors (Lipinski definition) is 1. The van der Waals surface area contributed by atoms with E-state index in [1.54, 1.807) is 6.92 Å². The molecule has 0 fully saturated rings. The molecule has 2 heterocycles. The third-order valence-corrected chi connectivity index (χ3v) is 12.8. The van der Waals surface area contributed by atoms with Crippen molar-refractivity contribution >= 4 is 24.4 Å². The van der Waals surface area contributed by atoms with Crippen LogP contribution in [0.3, 0.4) is 0 Å². The van der Waals surface area contributed by atoms with E-state index < -0.39 is 37.6 Å². The van der Waals surface area contributed by atoms with E-state index in [-0.39, 0.29) is 11.6 Å². The maximum absolute atomic E-state index is 12.8. The van der Waals surface area contributed by atoms with Crippen molar-refractivity contribution in [3.05, 3.63) is 105 Å². The third kappa shape index (κ3) is 4.54. The van der Waals surface area contributed by atoms with Gasteiger partial charge in [-0.3, -0.25) is 19.1 Å². The molecule has 188 valence electrons. The van der Waals surface area contributed by atoms with Crippen molar-refractivity contribution < 1.29 is 14.3 Å². The van der Waals surface area contributed by atoms with Gasteiger partial charge in [-0.05, 0) is 33.6 Å². The van der Waals surface area contributed by atoms with Crippen LogP contribution in [0.2, 0.25) is 5.04 Å². The molecule has 2 aromatic carbocycles. The van der Waals surface area contributed by atoms with Gasteiger partial charge in [0.05, 0.1) is 0 Å². The number of aromatic amines is 1. The second kappa shape index (κ2) is 9.87. The van der Waals surface area contributed by atoms with Crippen molar-refractivity contribution in [1.29, 1.82) is 0 Å². The highest BCUT2D eigenvalue weighted by atomic mass is 28.3. The Kier molecular flexibility index (Phi) is 7.02. The van der Waals surface area contributed by atoms with Crippen molar-refractivity contribution in [2.45, 2.75) is 52.0 Å². The van der Waals surface area contributed by atoms with Crippen LogP contribution in [0.25, 0.3) is 0 Å². The number of carbonyl (C=O) groups is 1. The lowest BCUT2D eigenvalue weighted by Gasteiger charge is -2.46. The molecule has 36 heavy (non-hydrogen) atoms. The molecule has 4 rings (SSSR count). The molecule has 1 aliphatic rings. The zero-order valence-electron chi connectivity index (χ0n) is 21.3. The predicted octanol–water partition coefficient (Wildman–Crippen LogP) is 2.83. The van der Waals surface area contributed by atoms with E-state index in [9.17, 15) is 14.4 Å². The van der Waals surface area contributed by atoms with Crippen molar-refractivity contribution in [2.24, 2.45) is 0 Å². The van der Waals surface area contributed by atoms with Gasteiger partial charge in [0.2, 0.25) is 0 Å². The number of aromatic nitrogens is 2. The molecule has 7 nitrogen and oxygen atoms in total. The molecule has 0 radical (unpaired) electrons. The van der Waals surface area contributed by atoms with E-state index in [4.69, 9.17) is 9.47 Å². The molecule has 1 aromatic heterocycles. The lowest BCUT2D eigenvalue weighted by atomic mass is 10.2. The summed E-state index contributed by atoms with van der Waals surface area (Å²) in [6, 6.07) is 20.8. The van der Waals surface area contributed by atoms with Gasteiger partial charge >= 0.3 is 11.7 Å². The predicted molar refractivity (Wildman–Crippen MR) is 142 cm³/mol. The first-order valence-electron chi connectivity index (χ1n) is 12.0. The minimum Gasteiger partial charge on any atom is -0.463 e. The lowest BCUT2D eigenvalue weighted by Crippen LogP contribution is -2.67. The average Bonchev–Trinajstić information content (AvgIpc) is 3.25. The van der Waals surface area contributed by atoms with Gasteiger partial charge in [0.15, 0.2) is 14.3 Å². The maximum Gasteiger partial charge on any atom is 0.330 e. The second-order valence-electron chi connectivity index (χ2n) is 10.2. The summed E-state index contributed by atoms with van der Waals surface area (Å²) in [4.78, 5) is 38.9. The smallest absolute Gasteiger partial charge is 0.330 e. The van der Waals surface area contributed by atoms with Crippen LogP contribution in [0.5, 0.6) is 0 Å². The molecular weight excluding hydrogens is 472 g/mol. The minimum absolute atomic E-state index is 0.0270. The van der Waals surface area contributed by atoms with E-state index >= 15 is 0 Å². The van der Waals surface area contributed by atoms with Crippen molar-refractivity contribution in [2.75, 3.05) is 6.61 Å². The van der Waals surface area contributed by atoms with E-state index in [0.717, 1.165) is 5.20 Å². The van der Waals surface area contributed by atoms with Crippen LogP contribution in [-0.2, 0) is 14.3 Å². The van der Waals surface area contributed by atoms with E-state index in [2.05, 4.69) is 50.0 Å². The summed E-state index contributed by atoms with van der Waals surface area (Å²) in [5.41, 5.74) is -0.578. The second-order valence-corrected chi connectivity index (χ2v) is 14.9. The minimum atomic E-state index is -2.81. The molecule has 0 spiro atoms. The van der Waals surface area contributed by atoms with Gasteiger partial charge in [-0.25, -0.2) is 4.79 Å². The summed E-state index contributed by atoms with van der Waals surface area (Å²) in [5, 5.41) is 3.18. The zero-order valence-corrected chi connectivity index (χ0v) is 22.3. The Morgan fingerprint density at radius 2 is 1.58 bits per heavy atom. The van der Waals surface area contributed by atoms with Crippen molar-refractivity contribution in [3.8, 4) is 0 Å². The number of nitrogens with one attached hydrogen (secondary N) is 1. The van der Waals surface area contributed by atoms with Crippen molar-refractivity contribution in [1.82, 2.24) is 9.55 Å². The van der Waals surface area contributed by atoms with Crippen LogP contribution in [0.4, 0.5) is 0 Å². The molecule has 0 saturated carbocycles. The van der Waals surface area contributed by atoms with Gasteiger partial charge < -0.3 is 9.47 Å². The molecule has 0 amide bonds. The Morgan fingerprint density at radius 1 is 1.03 bits per heavy atom. The number of nitrogens with zero attached hydrogens (tertiary/aromatic N) is 1. The number of ether oxygens (including phenoxy) is 2. The fraction of sp³-hybridized carbons (Fsp3) is 0.321. The van der Waals surface area contributed by atoms with Gasteiger partial charge in [-0.1, -0.05) is 81.4 Å². The largest absolute Gasteiger partial charge is 0.463 e. The van der Waals surface area contributed by atoms with Crippen LogP contribution >= 0.6 is 0 Å². The average molecular weight is 505 g/mol. The van der Waals surface area contributed by atoms with Crippen LogP contribution in [0.15, 0.2) is 87.7 Å². The summed E-state index contributed by atoms with van der Waals surface area (Å²) in [6.45, 7) is 9.73. The molecule has 0 unspecified atom stereocenters. The van der Waals surface area contributed by atoms with Gasteiger partial charge in [0.1, 0.15) is 12.7 Å². The van der Waals surface area contributed by atoms with Gasteiger partial charge in [0, 0.05) is 18.7 Å². The molecule has 0 bridgehead atoms. The molecule has 1 aliphatic heterocycles. The molecular formula is C28H32N2O5Si. The molecule has 0 aliphatic carbocycles. The highest BCUT2D eigenvalue weighted by Crippen LogP contribution is 2.45. The number of esters is 1. The first-order chi connectivity index (χ1) is 17.1. The van der Waals surface area contributed by atoms with E-state index in [1.165, 1.54) is 28.1 Å². The number of aryl methyl sites for hydroxylation is 1. The van der Waals surface area contributed by atoms with E-state index in [0.29, 0.717) is 5.56 Å². The third-order valence-electron chi connectivity index (χ3n) is 6.80. The van der Waals surface area contributed by atoms with Crippen molar-refractivity contribution in [3.63, 3.8) is 0 Å². The van der Waals surface area contributed by atoms with Gasteiger partial charge in [-0.2, -0.15) is 0 Å². The Labute approximate surface area is 211 Å². The first-order valence-corrected chi connectivity index (χ1v) is 14.0. The molecule has 2 atom stereocenters. The first kappa shape index (κ1) is 25.6. The number of rotatable bonds is 6. The number of hydrogen-bond acceptors (Lipinski definition) is 5.